The SMILES string of the molecule is Cc1nc(Cl)cn1CCCn1c2c(c(=O)[nH]c1=O)CSCC2. The molecule has 0 spiro atoms. The molecule has 3 rings (SSSR count). The van der Waals surface area contributed by atoms with Gasteiger partial charge in [0, 0.05) is 36.3 Å². The number of imidazole rings is 1. The van der Waals surface area contributed by atoms with E-state index in [1.165, 1.54) is 0 Å². The van der Waals surface area contributed by atoms with E-state index in [-0.39, 0.29) is 11.2 Å². The van der Waals surface area contributed by atoms with Gasteiger partial charge in [0.1, 0.15) is 11.0 Å². The van der Waals surface area contributed by atoms with Gasteiger partial charge in [-0.15, -0.1) is 0 Å². The molecule has 1 aliphatic rings. The van der Waals surface area contributed by atoms with E-state index in [4.69, 9.17) is 11.6 Å². The van der Waals surface area contributed by atoms with E-state index in [0.29, 0.717) is 17.5 Å². The third kappa shape index (κ3) is 3.01. The second-order valence-electron chi connectivity index (χ2n) is 5.30. The fraction of sp³-hybridized carbons (Fsp3) is 0.500. The summed E-state index contributed by atoms with van der Waals surface area (Å²) in [6.45, 7) is 3.22. The van der Waals surface area contributed by atoms with Crippen LogP contribution < -0.4 is 11.2 Å². The molecule has 6 nitrogen and oxygen atoms in total. The molecular formula is C14H17ClN4O2S. The molecule has 1 N–H and O–H groups in total. The number of fused-ring (bicyclic) bond motifs is 1. The molecule has 2 aromatic heterocycles. The average Bonchev–Trinajstić information content (AvgIpc) is 2.80. The van der Waals surface area contributed by atoms with Crippen molar-refractivity contribution in [2.24, 2.45) is 0 Å². The lowest BCUT2D eigenvalue weighted by Crippen LogP contribution is -2.37. The maximum Gasteiger partial charge on any atom is 0.328 e. The van der Waals surface area contributed by atoms with Gasteiger partial charge < -0.3 is 4.57 Å². The monoisotopic (exact) mass is 340 g/mol. The summed E-state index contributed by atoms with van der Waals surface area (Å²) in [7, 11) is 0. The largest absolute Gasteiger partial charge is 0.334 e. The van der Waals surface area contributed by atoms with Gasteiger partial charge in [0.15, 0.2) is 0 Å². The number of hydrogen-bond acceptors (Lipinski definition) is 4. The first kappa shape index (κ1) is 15.4. The lowest BCUT2D eigenvalue weighted by Gasteiger charge is -2.19. The van der Waals surface area contributed by atoms with Gasteiger partial charge in [0.05, 0.1) is 0 Å². The van der Waals surface area contributed by atoms with E-state index in [0.717, 1.165) is 42.2 Å². The van der Waals surface area contributed by atoms with Gasteiger partial charge in [-0.3, -0.25) is 14.3 Å². The quantitative estimate of drug-likeness (QED) is 0.917. The Morgan fingerprint density at radius 3 is 2.95 bits per heavy atom. The number of rotatable bonds is 4. The van der Waals surface area contributed by atoms with Gasteiger partial charge in [-0.25, -0.2) is 9.78 Å². The smallest absolute Gasteiger partial charge is 0.328 e. The zero-order valence-corrected chi connectivity index (χ0v) is 13.8. The Labute approximate surface area is 136 Å². The molecular weight excluding hydrogens is 324 g/mol. The minimum atomic E-state index is -0.309. The van der Waals surface area contributed by atoms with E-state index in [1.807, 2.05) is 11.5 Å². The highest BCUT2D eigenvalue weighted by Crippen LogP contribution is 2.20. The van der Waals surface area contributed by atoms with E-state index in [9.17, 15) is 9.59 Å². The lowest BCUT2D eigenvalue weighted by atomic mass is 10.2. The summed E-state index contributed by atoms with van der Waals surface area (Å²) >= 11 is 7.60. The zero-order chi connectivity index (χ0) is 15.7. The highest BCUT2D eigenvalue weighted by Gasteiger charge is 2.18. The highest BCUT2D eigenvalue weighted by atomic mass is 35.5. The molecule has 0 radical (unpaired) electrons. The number of aromatic amines is 1. The van der Waals surface area contributed by atoms with Gasteiger partial charge in [0.2, 0.25) is 0 Å². The van der Waals surface area contributed by atoms with Crippen LogP contribution in [0.5, 0.6) is 0 Å². The number of thioether (sulfide) groups is 1. The molecule has 118 valence electrons. The maximum atomic E-state index is 12.1. The summed E-state index contributed by atoms with van der Waals surface area (Å²) in [4.78, 5) is 30.5. The lowest BCUT2D eigenvalue weighted by molar-refractivity contribution is 0.521. The summed E-state index contributed by atoms with van der Waals surface area (Å²) in [6, 6.07) is 0. The van der Waals surface area contributed by atoms with Crippen molar-refractivity contribution in [2.75, 3.05) is 5.75 Å². The van der Waals surface area contributed by atoms with E-state index in [2.05, 4.69) is 9.97 Å². The average molecular weight is 341 g/mol. The van der Waals surface area contributed by atoms with Gasteiger partial charge in [-0.1, -0.05) is 11.6 Å². The van der Waals surface area contributed by atoms with Crippen LogP contribution in [-0.2, 0) is 25.3 Å². The molecule has 2 aromatic rings. The molecule has 3 heterocycles. The first-order valence-corrected chi connectivity index (χ1v) is 8.71. The summed E-state index contributed by atoms with van der Waals surface area (Å²) in [6.07, 6.45) is 3.34. The van der Waals surface area contributed by atoms with Gasteiger partial charge in [0.25, 0.3) is 5.56 Å². The van der Waals surface area contributed by atoms with Gasteiger partial charge in [-0.05, 0) is 25.5 Å². The third-order valence-corrected chi connectivity index (χ3v) is 5.04. The van der Waals surface area contributed by atoms with Crippen molar-refractivity contribution in [3.05, 3.63) is 49.3 Å². The Bertz CT molecular complexity index is 808. The van der Waals surface area contributed by atoms with Crippen molar-refractivity contribution >= 4 is 23.4 Å². The van der Waals surface area contributed by atoms with Crippen LogP contribution in [0.1, 0.15) is 23.5 Å². The number of aryl methyl sites for hydroxylation is 2. The first-order valence-electron chi connectivity index (χ1n) is 7.18. The van der Waals surface area contributed by atoms with Gasteiger partial charge in [-0.2, -0.15) is 11.8 Å². The normalized spacial score (nSPS) is 14.1. The number of nitrogens with zero attached hydrogens (tertiary/aromatic N) is 3. The second kappa shape index (κ2) is 6.34. The molecule has 1 aliphatic heterocycles. The molecule has 0 aliphatic carbocycles. The van der Waals surface area contributed by atoms with Crippen LogP contribution in [0.15, 0.2) is 15.8 Å². The van der Waals surface area contributed by atoms with Crippen LogP contribution in [0.25, 0.3) is 0 Å². The first-order chi connectivity index (χ1) is 10.6. The molecule has 22 heavy (non-hydrogen) atoms. The van der Waals surface area contributed by atoms with Crippen molar-refractivity contribution in [3.8, 4) is 0 Å². The van der Waals surface area contributed by atoms with Crippen molar-refractivity contribution in [3.63, 3.8) is 0 Å². The number of H-pyrrole nitrogens is 1. The molecule has 0 saturated heterocycles. The Hall–Kier alpha value is -1.47. The summed E-state index contributed by atoms with van der Waals surface area (Å²) < 4.78 is 3.69. The van der Waals surface area contributed by atoms with Crippen LogP contribution in [0, 0.1) is 6.92 Å². The van der Waals surface area contributed by atoms with Crippen LogP contribution in [0.3, 0.4) is 0 Å². The van der Waals surface area contributed by atoms with Crippen molar-refractivity contribution in [2.45, 2.75) is 38.6 Å². The standard InChI is InChI=1S/C14H17ClN4O2S/c1-9-16-12(15)7-18(9)4-2-5-19-11-3-6-22-8-10(11)13(20)17-14(19)21/h7H,2-6,8H2,1H3,(H,17,20,21). The number of halogens is 1. The Morgan fingerprint density at radius 1 is 1.41 bits per heavy atom. The number of aromatic nitrogens is 4. The van der Waals surface area contributed by atoms with Crippen LogP contribution >= 0.6 is 23.4 Å². The van der Waals surface area contributed by atoms with Crippen LogP contribution in [0.2, 0.25) is 5.15 Å². The molecule has 0 unspecified atom stereocenters. The van der Waals surface area contributed by atoms with E-state index in [1.54, 1.807) is 22.5 Å². The summed E-state index contributed by atoms with van der Waals surface area (Å²) in [5.74, 6) is 2.49. The Morgan fingerprint density at radius 2 is 2.23 bits per heavy atom. The Kier molecular flexibility index (Phi) is 4.44. The molecule has 0 bridgehead atoms. The van der Waals surface area contributed by atoms with Crippen molar-refractivity contribution in [1.29, 1.82) is 0 Å². The molecule has 0 amide bonds. The Balaban J connectivity index is 1.79. The molecule has 8 heteroatoms. The van der Waals surface area contributed by atoms with Crippen LogP contribution in [0.4, 0.5) is 0 Å². The third-order valence-electron chi connectivity index (χ3n) is 3.87. The topological polar surface area (TPSA) is 72.7 Å². The highest BCUT2D eigenvalue weighted by molar-refractivity contribution is 7.98. The fourth-order valence-corrected chi connectivity index (χ4v) is 3.99. The van der Waals surface area contributed by atoms with Crippen LogP contribution in [-0.4, -0.2) is 24.9 Å². The van der Waals surface area contributed by atoms with Gasteiger partial charge >= 0.3 is 5.69 Å². The number of hydrogen-bond donors (Lipinski definition) is 1. The number of nitrogens with one attached hydrogen (secondary N) is 1. The molecule has 0 atom stereocenters. The van der Waals surface area contributed by atoms with Crippen molar-refractivity contribution < 1.29 is 0 Å². The molecule has 0 fully saturated rings. The summed E-state index contributed by atoms with van der Waals surface area (Å²) in [5, 5.41) is 0.480. The molecule has 0 aromatic carbocycles. The fourth-order valence-electron chi connectivity index (χ4n) is 2.77. The van der Waals surface area contributed by atoms with E-state index >= 15 is 0 Å². The predicted octanol–water partition coefficient (Wildman–Crippen LogP) is 1.57. The second-order valence-corrected chi connectivity index (χ2v) is 6.79. The van der Waals surface area contributed by atoms with Crippen molar-refractivity contribution in [1.82, 2.24) is 19.1 Å². The summed E-state index contributed by atoms with van der Waals surface area (Å²) in [5.41, 5.74) is 1.10. The predicted molar refractivity (Wildman–Crippen MR) is 87.8 cm³/mol. The zero-order valence-electron chi connectivity index (χ0n) is 12.3. The minimum absolute atomic E-state index is 0.235. The minimum Gasteiger partial charge on any atom is -0.334 e. The molecule has 0 saturated carbocycles. The van der Waals surface area contributed by atoms with E-state index < -0.39 is 0 Å². The maximum absolute atomic E-state index is 12.1.